The van der Waals surface area contributed by atoms with Gasteiger partial charge in [0.05, 0.1) is 5.56 Å². The van der Waals surface area contributed by atoms with Gasteiger partial charge in [-0.05, 0) is 59.7 Å². The fourth-order valence-electron chi connectivity index (χ4n) is 5.89. The fourth-order valence-corrected chi connectivity index (χ4v) is 5.89. The Labute approximate surface area is 205 Å². The molecule has 35 heavy (non-hydrogen) atoms. The van der Waals surface area contributed by atoms with Gasteiger partial charge in [-0.3, -0.25) is 4.90 Å². The lowest BCUT2D eigenvalue weighted by Crippen LogP contribution is -2.53. The molecule has 2 atom stereocenters. The molecular formula is C30H28N2O3. The molecule has 2 aliphatic rings. The van der Waals surface area contributed by atoms with Gasteiger partial charge >= 0.3 is 0 Å². The summed E-state index contributed by atoms with van der Waals surface area (Å²) in [5, 5.41) is 21.0. The van der Waals surface area contributed by atoms with E-state index in [-0.39, 0.29) is 12.0 Å². The largest absolute Gasteiger partial charge is 0.455 e. The Balaban J connectivity index is 1.39. The van der Waals surface area contributed by atoms with Crippen LogP contribution < -0.4 is 0 Å². The maximum atomic E-state index is 10.1. The van der Waals surface area contributed by atoms with Crippen molar-refractivity contribution in [1.29, 1.82) is 5.26 Å². The summed E-state index contributed by atoms with van der Waals surface area (Å²) in [6.07, 6.45) is 1.14. The normalized spacial score (nSPS) is 18.9. The molecule has 5 nitrogen and oxygen atoms in total. The van der Waals surface area contributed by atoms with Crippen molar-refractivity contribution in [2.24, 2.45) is 5.92 Å². The molecule has 3 aromatic carbocycles. The molecule has 1 fully saturated rings. The molecule has 176 valence electrons. The van der Waals surface area contributed by atoms with E-state index in [1.165, 1.54) is 16.7 Å². The molecule has 2 unspecified atom stereocenters. The van der Waals surface area contributed by atoms with Crippen molar-refractivity contribution in [3.8, 4) is 28.5 Å². The van der Waals surface area contributed by atoms with Gasteiger partial charge in [0.2, 0.25) is 0 Å². The number of aliphatic hydroxyl groups excluding tert-OH is 1. The summed E-state index contributed by atoms with van der Waals surface area (Å²) in [7, 11) is 1.54. The molecule has 0 radical (unpaired) electrons. The van der Waals surface area contributed by atoms with Crippen LogP contribution in [0.5, 0.6) is 0 Å². The molecule has 5 heteroatoms. The van der Waals surface area contributed by atoms with E-state index in [2.05, 4.69) is 72.5 Å². The molecule has 6 rings (SSSR count). The van der Waals surface area contributed by atoms with Gasteiger partial charge in [0.25, 0.3) is 0 Å². The quantitative estimate of drug-likeness (QED) is 0.376. The second-order valence-corrected chi connectivity index (χ2v) is 9.70. The third-order valence-corrected chi connectivity index (χ3v) is 7.80. The monoisotopic (exact) mass is 464 g/mol. The van der Waals surface area contributed by atoms with Crippen molar-refractivity contribution >= 4 is 11.0 Å². The van der Waals surface area contributed by atoms with Crippen LogP contribution in [0.4, 0.5) is 0 Å². The van der Waals surface area contributed by atoms with Crippen LogP contribution in [0.15, 0.2) is 65.1 Å². The highest BCUT2D eigenvalue weighted by molar-refractivity contribution is 5.90. The number of fused-ring (bicyclic) bond motifs is 2. The van der Waals surface area contributed by atoms with E-state index in [4.69, 9.17) is 9.15 Å². The molecule has 0 spiro atoms. The Bertz CT molecular complexity index is 1440. The average Bonchev–Trinajstić information content (AvgIpc) is 3.46. The third kappa shape index (κ3) is 3.57. The van der Waals surface area contributed by atoms with Crippen molar-refractivity contribution in [3.05, 3.63) is 82.9 Å². The molecule has 0 saturated carbocycles. The van der Waals surface area contributed by atoms with Crippen molar-refractivity contribution in [1.82, 2.24) is 4.90 Å². The zero-order chi connectivity index (χ0) is 24.1. The molecule has 1 saturated heterocycles. The van der Waals surface area contributed by atoms with Gasteiger partial charge in [0.1, 0.15) is 11.8 Å². The number of likely N-dealkylation sites (tertiary alicyclic amines) is 1. The van der Waals surface area contributed by atoms with Crippen LogP contribution in [0.25, 0.3) is 33.4 Å². The Kier molecular flexibility index (Phi) is 5.46. The van der Waals surface area contributed by atoms with Crippen LogP contribution in [-0.2, 0) is 11.2 Å². The van der Waals surface area contributed by atoms with Gasteiger partial charge < -0.3 is 14.3 Å². The number of hydrogen-bond donors (Lipinski definition) is 1. The first-order valence-corrected chi connectivity index (χ1v) is 12.2. The Morgan fingerprint density at radius 2 is 1.86 bits per heavy atom. The Hall–Kier alpha value is -3.43. The second-order valence-electron chi connectivity index (χ2n) is 9.70. The maximum absolute atomic E-state index is 10.1. The number of furan rings is 1. The van der Waals surface area contributed by atoms with E-state index >= 15 is 0 Å². The predicted molar refractivity (Wildman–Crippen MR) is 136 cm³/mol. The van der Waals surface area contributed by atoms with E-state index in [0.29, 0.717) is 11.1 Å². The van der Waals surface area contributed by atoms with E-state index in [1.807, 2.05) is 6.07 Å². The van der Waals surface area contributed by atoms with Gasteiger partial charge in [-0.25, -0.2) is 0 Å². The number of nitriles is 1. The van der Waals surface area contributed by atoms with Gasteiger partial charge in [-0.15, -0.1) is 0 Å². The van der Waals surface area contributed by atoms with Crippen molar-refractivity contribution in [2.45, 2.75) is 32.1 Å². The SMILES string of the molecule is COC(O)C1CN(C2CCc3c2cc2cc(-c4cccc(-c5ccccc5)c4C)oc2c3C#N)C1. The van der Waals surface area contributed by atoms with Crippen LogP contribution in [0, 0.1) is 24.2 Å². The first-order chi connectivity index (χ1) is 17.1. The number of aliphatic hydroxyl groups is 1. The zero-order valence-corrected chi connectivity index (χ0v) is 20.0. The number of rotatable bonds is 5. The number of hydrogen-bond acceptors (Lipinski definition) is 5. The fraction of sp³-hybridized carbons (Fsp3) is 0.300. The van der Waals surface area contributed by atoms with E-state index < -0.39 is 6.29 Å². The summed E-state index contributed by atoms with van der Waals surface area (Å²) in [6.45, 7) is 3.74. The zero-order valence-electron chi connectivity index (χ0n) is 20.0. The molecular weight excluding hydrogens is 436 g/mol. The van der Waals surface area contributed by atoms with Gasteiger partial charge in [0, 0.05) is 43.1 Å². The number of methoxy groups -OCH3 is 1. The van der Waals surface area contributed by atoms with E-state index in [1.54, 1.807) is 7.11 Å². The summed E-state index contributed by atoms with van der Waals surface area (Å²) in [5.41, 5.74) is 8.23. The topological polar surface area (TPSA) is 69.6 Å². The number of benzene rings is 3. The van der Waals surface area contributed by atoms with E-state index in [0.717, 1.165) is 53.8 Å². The Morgan fingerprint density at radius 1 is 1.09 bits per heavy atom. The van der Waals surface area contributed by atoms with Crippen LogP contribution in [0.3, 0.4) is 0 Å². The summed E-state index contributed by atoms with van der Waals surface area (Å²) in [6, 6.07) is 23.7. The van der Waals surface area contributed by atoms with Crippen LogP contribution in [0.1, 0.15) is 34.7 Å². The molecule has 2 heterocycles. The van der Waals surface area contributed by atoms with Crippen LogP contribution in [-0.4, -0.2) is 36.5 Å². The Morgan fingerprint density at radius 3 is 2.60 bits per heavy atom. The first-order valence-electron chi connectivity index (χ1n) is 12.2. The highest BCUT2D eigenvalue weighted by Gasteiger charge is 2.40. The van der Waals surface area contributed by atoms with Crippen molar-refractivity contribution < 1.29 is 14.3 Å². The smallest absolute Gasteiger partial charge is 0.159 e. The van der Waals surface area contributed by atoms with Crippen molar-refractivity contribution in [3.63, 3.8) is 0 Å². The maximum Gasteiger partial charge on any atom is 0.159 e. The molecule has 1 aliphatic heterocycles. The second kappa shape index (κ2) is 8.66. The van der Waals surface area contributed by atoms with Crippen molar-refractivity contribution in [2.75, 3.05) is 20.2 Å². The molecule has 0 amide bonds. The summed E-state index contributed by atoms with van der Waals surface area (Å²) >= 11 is 0. The molecule has 1 aromatic heterocycles. The summed E-state index contributed by atoms with van der Waals surface area (Å²) in [5.74, 6) is 0.933. The highest BCUT2D eigenvalue weighted by Crippen LogP contribution is 2.45. The molecule has 1 N–H and O–H groups in total. The lowest BCUT2D eigenvalue weighted by atomic mass is 9.93. The predicted octanol–water partition coefficient (Wildman–Crippen LogP) is 5.83. The highest BCUT2D eigenvalue weighted by atomic mass is 16.6. The third-order valence-electron chi connectivity index (χ3n) is 7.80. The lowest BCUT2D eigenvalue weighted by Gasteiger charge is -2.44. The minimum atomic E-state index is -0.712. The van der Waals surface area contributed by atoms with Gasteiger partial charge in [-0.2, -0.15) is 5.26 Å². The van der Waals surface area contributed by atoms with E-state index in [9.17, 15) is 10.4 Å². The lowest BCUT2D eigenvalue weighted by molar-refractivity contribution is -0.156. The molecule has 4 aromatic rings. The molecule has 0 bridgehead atoms. The standard InChI is InChI=1S/C30H28N2O3/c1-18-22(19-7-4-3-5-8-19)9-6-10-23(18)28-14-20-13-25-24(26(15-31)29(20)35-28)11-12-27(25)32-16-21(17-32)30(33)34-2/h3-10,13-14,21,27,30,33H,11-12,16-17H2,1-2H3. The summed E-state index contributed by atoms with van der Waals surface area (Å²) in [4.78, 5) is 2.39. The van der Waals surface area contributed by atoms with Crippen LogP contribution in [0.2, 0.25) is 0 Å². The first kappa shape index (κ1) is 22.1. The van der Waals surface area contributed by atoms with Crippen LogP contribution >= 0.6 is 0 Å². The molecule has 1 aliphatic carbocycles. The number of ether oxygens (including phenoxy) is 1. The summed E-state index contributed by atoms with van der Waals surface area (Å²) < 4.78 is 11.5. The minimum absolute atomic E-state index is 0.142. The average molecular weight is 465 g/mol. The van der Waals surface area contributed by atoms with Gasteiger partial charge in [0.15, 0.2) is 11.9 Å². The number of nitrogens with zero attached hydrogens (tertiary/aromatic N) is 2. The minimum Gasteiger partial charge on any atom is -0.455 e. The van der Waals surface area contributed by atoms with Gasteiger partial charge in [-0.1, -0.05) is 48.5 Å².